The Hall–Kier alpha value is -1.22. The van der Waals surface area contributed by atoms with Crippen LogP contribution < -0.4 is 0 Å². The van der Waals surface area contributed by atoms with Crippen molar-refractivity contribution >= 4 is 5.97 Å². The van der Waals surface area contributed by atoms with Gasteiger partial charge in [-0.15, -0.1) is 0 Å². The van der Waals surface area contributed by atoms with E-state index in [2.05, 4.69) is 10.0 Å². The molecule has 0 fully saturated rings. The summed E-state index contributed by atoms with van der Waals surface area (Å²) in [7, 11) is 0. The Balaban J connectivity index is 3.68. The molecule has 5 nitrogen and oxygen atoms in total. The minimum Gasteiger partial charge on any atom is -0.465 e. The van der Waals surface area contributed by atoms with Gasteiger partial charge in [0.15, 0.2) is 0 Å². The minimum atomic E-state index is -0.725. The molecule has 1 atom stereocenters. The smallest absolute Gasteiger partial charge is 0.314 e. The van der Waals surface area contributed by atoms with Crippen LogP contribution in [0.25, 0.3) is 10.4 Å². The number of nitrogens with zero attached hydrogens (tertiary/aromatic N) is 3. The van der Waals surface area contributed by atoms with Gasteiger partial charge in [0, 0.05) is 4.91 Å². The lowest BCUT2D eigenvalue weighted by Gasteiger charge is -2.07. The second kappa shape index (κ2) is 6.31. The van der Waals surface area contributed by atoms with Gasteiger partial charge in [-0.05, 0) is 24.8 Å². The highest BCUT2D eigenvalue weighted by Gasteiger charge is 2.11. The van der Waals surface area contributed by atoms with E-state index >= 15 is 0 Å². The van der Waals surface area contributed by atoms with Crippen molar-refractivity contribution < 1.29 is 9.53 Å². The summed E-state index contributed by atoms with van der Waals surface area (Å²) in [5.74, 6) is 0.0426. The standard InChI is InChI=1S/C8H15N3O2/c1-6(2)4-5-13-8(12)7(3)10-11-9/h6-7H,4-5H2,1-3H3. The van der Waals surface area contributed by atoms with Crippen LogP contribution in [-0.2, 0) is 9.53 Å². The van der Waals surface area contributed by atoms with Crippen molar-refractivity contribution in [3.8, 4) is 0 Å². The van der Waals surface area contributed by atoms with Gasteiger partial charge in [-0.3, -0.25) is 4.79 Å². The monoisotopic (exact) mass is 185 g/mol. The van der Waals surface area contributed by atoms with Gasteiger partial charge in [-0.1, -0.05) is 19.0 Å². The van der Waals surface area contributed by atoms with Crippen LogP contribution in [0.4, 0.5) is 0 Å². The Kier molecular flexibility index (Phi) is 5.72. The lowest BCUT2D eigenvalue weighted by atomic mass is 10.1. The van der Waals surface area contributed by atoms with Crippen molar-refractivity contribution in [2.45, 2.75) is 33.2 Å². The first-order valence-electron chi connectivity index (χ1n) is 4.28. The van der Waals surface area contributed by atoms with Gasteiger partial charge in [0.2, 0.25) is 0 Å². The summed E-state index contributed by atoms with van der Waals surface area (Å²) in [4.78, 5) is 13.6. The highest BCUT2D eigenvalue weighted by Crippen LogP contribution is 2.01. The molecule has 0 aromatic heterocycles. The van der Waals surface area contributed by atoms with Crippen molar-refractivity contribution in [2.75, 3.05) is 6.61 Å². The number of azide groups is 1. The Bertz CT molecular complexity index is 209. The van der Waals surface area contributed by atoms with Crippen LogP contribution in [0.5, 0.6) is 0 Å². The Morgan fingerprint density at radius 2 is 2.15 bits per heavy atom. The van der Waals surface area contributed by atoms with Gasteiger partial charge in [-0.2, -0.15) is 0 Å². The van der Waals surface area contributed by atoms with E-state index in [1.54, 1.807) is 0 Å². The van der Waals surface area contributed by atoms with Crippen LogP contribution in [0, 0.1) is 5.92 Å². The molecule has 13 heavy (non-hydrogen) atoms. The summed E-state index contributed by atoms with van der Waals surface area (Å²) in [5.41, 5.74) is 8.05. The lowest BCUT2D eigenvalue weighted by molar-refractivity contribution is -0.145. The maximum Gasteiger partial charge on any atom is 0.314 e. The molecule has 0 rings (SSSR count). The van der Waals surface area contributed by atoms with E-state index in [4.69, 9.17) is 10.3 Å². The first-order chi connectivity index (χ1) is 6.07. The minimum absolute atomic E-state index is 0.391. The molecule has 0 N–H and O–H groups in total. The molecule has 0 saturated carbocycles. The zero-order chi connectivity index (χ0) is 10.3. The van der Waals surface area contributed by atoms with Crippen molar-refractivity contribution in [3.63, 3.8) is 0 Å². The van der Waals surface area contributed by atoms with Crippen LogP contribution in [0.2, 0.25) is 0 Å². The van der Waals surface area contributed by atoms with Crippen LogP contribution in [0.1, 0.15) is 27.2 Å². The molecule has 0 saturated heterocycles. The molecule has 0 radical (unpaired) electrons. The van der Waals surface area contributed by atoms with E-state index in [1.165, 1.54) is 6.92 Å². The molecule has 0 aliphatic rings. The molecule has 1 unspecified atom stereocenters. The predicted octanol–water partition coefficient (Wildman–Crippen LogP) is 2.27. The third-order valence-corrected chi connectivity index (χ3v) is 1.51. The Morgan fingerprint density at radius 3 is 2.62 bits per heavy atom. The van der Waals surface area contributed by atoms with Crippen LogP contribution in [-0.4, -0.2) is 18.6 Å². The predicted molar refractivity (Wildman–Crippen MR) is 49.0 cm³/mol. The molecule has 0 aliphatic heterocycles. The summed E-state index contributed by atoms with van der Waals surface area (Å²) < 4.78 is 4.86. The maximum absolute atomic E-state index is 11.0. The van der Waals surface area contributed by atoms with Crippen molar-refractivity contribution in [1.82, 2.24) is 0 Å². The topological polar surface area (TPSA) is 75.1 Å². The first kappa shape index (κ1) is 11.8. The fourth-order valence-corrected chi connectivity index (χ4v) is 0.640. The number of ether oxygens (including phenoxy) is 1. The highest BCUT2D eigenvalue weighted by molar-refractivity contribution is 5.75. The summed E-state index contributed by atoms with van der Waals surface area (Å²) in [5, 5.41) is 3.23. The van der Waals surface area contributed by atoms with E-state index in [0.29, 0.717) is 12.5 Å². The van der Waals surface area contributed by atoms with Gasteiger partial charge >= 0.3 is 5.97 Å². The normalized spacial score (nSPS) is 12.0. The summed E-state index contributed by atoms with van der Waals surface area (Å²) in [6.45, 7) is 5.99. The van der Waals surface area contributed by atoms with Crippen molar-refractivity contribution in [2.24, 2.45) is 11.0 Å². The zero-order valence-electron chi connectivity index (χ0n) is 8.23. The molecular weight excluding hydrogens is 170 g/mol. The molecule has 5 heteroatoms. The second-order valence-corrected chi connectivity index (χ2v) is 3.23. The van der Waals surface area contributed by atoms with Gasteiger partial charge in [0.05, 0.1) is 6.61 Å². The number of carbonyl (C=O) groups is 1. The van der Waals surface area contributed by atoms with E-state index in [0.717, 1.165) is 6.42 Å². The quantitative estimate of drug-likeness (QED) is 0.285. The van der Waals surface area contributed by atoms with Crippen LogP contribution >= 0.6 is 0 Å². The number of esters is 1. The second-order valence-electron chi connectivity index (χ2n) is 3.23. The van der Waals surface area contributed by atoms with E-state index < -0.39 is 12.0 Å². The molecule has 74 valence electrons. The average Bonchev–Trinajstić information content (AvgIpc) is 2.04. The van der Waals surface area contributed by atoms with E-state index in [-0.39, 0.29) is 0 Å². The summed E-state index contributed by atoms with van der Waals surface area (Å²) >= 11 is 0. The summed E-state index contributed by atoms with van der Waals surface area (Å²) in [6, 6.07) is -0.725. The van der Waals surface area contributed by atoms with Crippen molar-refractivity contribution in [1.29, 1.82) is 0 Å². The first-order valence-corrected chi connectivity index (χ1v) is 4.28. The molecule has 0 bridgehead atoms. The highest BCUT2D eigenvalue weighted by atomic mass is 16.5. The van der Waals surface area contributed by atoms with E-state index in [9.17, 15) is 4.79 Å². The number of carbonyl (C=O) groups excluding carboxylic acids is 1. The maximum atomic E-state index is 11.0. The number of hydrogen-bond donors (Lipinski definition) is 0. The third kappa shape index (κ3) is 5.99. The third-order valence-electron chi connectivity index (χ3n) is 1.51. The SMILES string of the molecule is CC(C)CCOC(=O)C(C)N=[N+]=[N-]. The van der Waals surface area contributed by atoms with Crippen LogP contribution in [0.15, 0.2) is 5.11 Å². The molecule has 0 amide bonds. The molecule has 0 heterocycles. The molecular formula is C8H15N3O2. The van der Waals surface area contributed by atoms with Crippen molar-refractivity contribution in [3.05, 3.63) is 10.4 Å². The van der Waals surface area contributed by atoms with Gasteiger partial charge in [-0.25, -0.2) is 0 Å². The van der Waals surface area contributed by atoms with Gasteiger partial charge in [0.1, 0.15) is 6.04 Å². The zero-order valence-corrected chi connectivity index (χ0v) is 8.23. The fourth-order valence-electron chi connectivity index (χ4n) is 0.640. The number of hydrogen-bond acceptors (Lipinski definition) is 3. The van der Waals surface area contributed by atoms with Gasteiger partial charge < -0.3 is 4.74 Å². The summed E-state index contributed by atoms with van der Waals surface area (Å²) in [6.07, 6.45) is 0.828. The number of rotatable bonds is 5. The molecule has 0 aromatic rings. The molecule has 0 aromatic carbocycles. The average molecular weight is 185 g/mol. The van der Waals surface area contributed by atoms with Crippen LogP contribution in [0.3, 0.4) is 0 Å². The Morgan fingerprint density at radius 1 is 1.54 bits per heavy atom. The Labute approximate surface area is 77.7 Å². The molecule has 0 aliphatic carbocycles. The molecule has 0 spiro atoms. The van der Waals surface area contributed by atoms with E-state index in [1.807, 2.05) is 13.8 Å². The van der Waals surface area contributed by atoms with Gasteiger partial charge in [0.25, 0.3) is 0 Å². The lowest BCUT2D eigenvalue weighted by Crippen LogP contribution is -2.18. The largest absolute Gasteiger partial charge is 0.465 e. The fraction of sp³-hybridized carbons (Fsp3) is 0.875.